The van der Waals surface area contributed by atoms with Crippen LogP contribution in [0.4, 0.5) is 0 Å². The monoisotopic (exact) mass is 304 g/mol. The molecule has 1 amide bonds. The predicted octanol–water partition coefficient (Wildman–Crippen LogP) is 2.53. The normalized spacial score (nSPS) is 18.3. The number of amides is 1. The topological polar surface area (TPSA) is 41.6 Å². The van der Waals surface area contributed by atoms with Gasteiger partial charge in [-0.05, 0) is 63.4 Å². The van der Waals surface area contributed by atoms with Crippen LogP contribution in [0.5, 0.6) is 5.75 Å². The number of ether oxygens (including phenoxy) is 1. The molecule has 4 nitrogen and oxygen atoms in total. The van der Waals surface area contributed by atoms with Gasteiger partial charge in [-0.1, -0.05) is 12.1 Å². The fourth-order valence-corrected chi connectivity index (χ4v) is 3.02. The molecule has 2 rings (SSSR count). The largest absolute Gasteiger partial charge is 0.493 e. The molecule has 1 N–H and O–H groups in total. The number of hydrogen-bond donors (Lipinski definition) is 1. The van der Waals surface area contributed by atoms with E-state index < -0.39 is 0 Å². The van der Waals surface area contributed by atoms with Gasteiger partial charge in [0.05, 0.1) is 13.0 Å². The maximum Gasteiger partial charge on any atom is 0.226 e. The number of nitrogens with zero attached hydrogens (tertiary/aromatic N) is 1. The third-order valence-corrected chi connectivity index (χ3v) is 4.28. The Hall–Kier alpha value is -1.55. The van der Waals surface area contributed by atoms with Crippen molar-refractivity contribution in [3.63, 3.8) is 0 Å². The van der Waals surface area contributed by atoms with Crippen LogP contribution in [0.25, 0.3) is 0 Å². The molecule has 1 aliphatic rings. The quantitative estimate of drug-likeness (QED) is 0.878. The molecule has 1 atom stereocenters. The molecule has 1 saturated heterocycles. The number of carbonyl (C=O) groups is 1. The van der Waals surface area contributed by atoms with Gasteiger partial charge in [0.2, 0.25) is 5.91 Å². The molecule has 0 spiro atoms. The summed E-state index contributed by atoms with van der Waals surface area (Å²) in [6.07, 6.45) is 2.78. The lowest BCUT2D eigenvalue weighted by atomic mass is 9.98. The van der Waals surface area contributed by atoms with Crippen LogP contribution in [0.2, 0.25) is 0 Å². The molecule has 4 heteroatoms. The highest BCUT2D eigenvalue weighted by Crippen LogP contribution is 2.20. The van der Waals surface area contributed by atoms with E-state index in [1.54, 1.807) is 0 Å². The molecule has 122 valence electrons. The molecule has 0 radical (unpaired) electrons. The zero-order valence-corrected chi connectivity index (χ0v) is 14.0. The van der Waals surface area contributed by atoms with Gasteiger partial charge in [0.1, 0.15) is 5.75 Å². The summed E-state index contributed by atoms with van der Waals surface area (Å²) < 4.78 is 5.79. The number of piperidine rings is 1. The zero-order chi connectivity index (χ0) is 15.9. The summed E-state index contributed by atoms with van der Waals surface area (Å²) in [4.78, 5) is 14.3. The molecule has 0 aliphatic carbocycles. The Balaban J connectivity index is 1.78. The van der Waals surface area contributed by atoms with Crippen LogP contribution in [0, 0.1) is 19.8 Å². The Labute approximate surface area is 133 Å². The lowest BCUT2D eigenvalue weighted by molar-refractivity contribution is -0.133. The summed E-state index contributed by atoms with van der Waals surface area (Å²) in [5.41, 5.74) is 2.29. The van der Waals surface area contributed by atoms with Crippen LogP contribution in [0.15, 0.2) is 18.2 Å². The van der Waals surface area contributed by atoms with Gasteiger partial charge in [0, 0.05) is 13.1 Å². The summed E-state index contributed by atoms with van der Waals surface area (Å²) >= 11 is 0. The SMILES string of the molecule is CNC[C@@H]1CCCN(C(=O)CCOc2cc(C)ccc2C)C1. The van der Waals surface area contributed by atoms with Crippen molar-refractivity contribution in [1.82, 2.24) is 10.2 Å². The molecule has 1 aromatic rings. The molecular weight excluding hydrogens is 276 g/mol. The average molecular weight is 304 g/mol. The number of likely N-dealkylation sites (tertiary alicyclic amines) is 1. The van der Waals surface area contributed by atoms with E-state index in [0.717, 1.165) is 37.4 Å². The van der Waals surface area contributed by atoms with E-state index in [0.29, 0.717) is 18.9 Å². The van der Waals surface area contributed by atoms with Crippen LogP contribution in [-0.4, -0.2) is 44.1 Å². The molecule has 1 fully saturated rings. The van der Waals surface area contributed by atoms with Crippen LogP contribution in [0.3, 0.4) is 0 Å². The summed E-state index contributed by atoms with van der Waals surface area (Å²) in [6.45, 7) is 7.29. The Kier molecular flexibility index (Phi) is 6.25. The van der Waals surface area contributed by atoms with Gasteiger partial charge in [0.25, 0.3) is 0 Å². The second kappa shape index (κ2) is 8.18. The van der Waals surface area contributed by atoms with Crippen molar-refractivity contribution in [1.29, 1.82) is 0 Å². The van der Waals surface area contributed by atoms with Gasteiger partial charge in [-0.25, -0.2) is 0 Å². The number of nitrogens with one attached hydrogen (secondary N) is 1. The van der Waals surface area contributed by atoms with E-state index in [-0.39, 0.29) is 5.91 Å². The minimum atomic E-state index is 0.214. The Morgan fingerprint density at radius 3 is 3.00 bits per heavy atom. The first kappa shape index (κ1) is 16.8. The van der Waals surface area contributed by atoms with E-state index >= 15 is 0 Å². The third kappa shape index (κ3) is 4.73. The van der Waals surface area contributed by atoms with Gasteiger partial charge in [-0.15, -0.1) is 0 Å². The number of hydrogen-bond acceptors (Lipinski definition) is 3. The molecule has 1 aliphatic heterocycles. The third-order valence-electron chi connectivity index (χ3n) is 4.28. The summed E-state index contributed by atoms with van der Waals surface area (Å²) in [6, 6.07) is 6.16. The number of carbonyl (C=O) groups excluding carboxylic acids is 1. The lowest BCUT2D eigenvalue weighted by Gasteiger charge is -2.32. The molecule has 1 heterocycles. The predicted molar refractivity (Wildman–Crippen MR) is 89.3 cm³/mol. The van der Waals surface area contributed by atoms with E-state index in [1.165, 1.54) is 12.0 Å². The Morgan fingerprint density at radius 1 is 1.41 bits per heavy atom. The first-order valence-electron chi connectivity index (χ1n) is 8.22. The molecule has 0 saturated carbocycles. The van der Waals surface area contributed by atoms with Crippen LogP contribution in [0.1, 0.15) is 30.4 Å². The zero-order valence-electron chi connectivity index (χ0n) is 14.0. The van der Waals surface area contributed by atoms with Gasteiger partial charge >= 0.3 is 0 Å². The van der Waals surface area contributed by atoms with Crippen molar-refractivity contribution < 1.29 is 9.53 Å². The van der Waals surface area contributed by atoms with Crippen molar-refractivity contribution in [2.45, 2.75) is 33.1 Å². The van der Waals surface area contributed by atoms with Gasteiger partial charge < -0.3 is 15.0 Å². The standard InChI is InChI=1S/C18H28N2O2/c1-14-6-7-15(2)17(11-14)22-10-8-18(21)20-9-4-5-16(13-20)12-19-3/h6-7,11,16,19H,4-5,8-10,12-13H2,1-3H3/t16-/m0/s1. The maximum atomic E-state index is 12.3. The van der Waals surface area contributed by atoms with Crippen molar-refractivity contribution in [2.24, 2.45) is 5.92 Å². The summed E-state index contributed by atoms with van der Waals surface area (Å²) in [5.74, 6) is 1.69. The summed E-state index contributed by atoms with van der Waals surface area (Å²) in [7, 11) is 1.97. The highest BCUT2D eigenvalue weighted by molar-refractivity contribution is 5.76. The fourth-order valence-electron chi connectivity index (χ4n) is 3.02. The second-order valence-electron chi connectivity index (χ2n) is 6.27. The van der Waals surface area contributed by atoms with E-state index in [2.05, 4.69) is 17.4 Å². The van der Waals surface area contributed by atoms with Crippen molar-refractivity contribution in [2.75, 3.05) is 33.3 Å². The second-order valence-corrected chi connectivity index (χ2v) is 6.27. The van der Waals surface area contributed by atoms with Crippen molar-refractivity contribution in [3.05, 3.63) is 29.3 Å². The van der Waals surface area contributed by atoms with Gasteiger partial charge in [0.15, 0.2) is 0 Å². The molecule has 22 heavy (non-hydrogen) atoms. The molecular formula is C18H28N2O2. The Morgan fingerprint density at radius 2 is 2.23 bits per heavy atom. The number of rotatable bonds is 6. The van der Waals surface area contributed by atoms with Crippen molar-refractivity contribution in [3.8, 4) is 5.75 Å². The lowest BCUT2D eigenvalue weighted by Crippen LogP contribution is -2.42. The van der Waals surface area contributed by atoms with Crippen LogP contribution < -0.4 is 10.1 Å². The van der Waals surface area contributed by atoms with Gasteiger partial charge in [-0.2, -0.15) is 0 Å². The first-order valence-corrected chi connectivity index (χ1v) is 8.22. The fraction of sp³-hybridized carbons (Fsp3) is 0.611. The maximum absolute atomic E-state index is 12.3. The number of benzene rings is 1. The van der Waals surface area contributed by atoms with E-state index in [1.807, 2.05) is 31.9 Å². The average Bonchev–Trinajstić information content (AvgIpc) is 2.51. The smallest absolute Gasteiger partial charge is 0.226 e. The van der Waals surface area contributed by atoms with Crippen molar-refractivity contribution >= 4 is 5.91 Å². The van der Waals surface area contributed by atoms with Crippen LogP contribution >= 0.6 is 0 Å². The minimum Gasteiger partial charge on any atom is -0.493 e. The van der Waals surface area contributed by atoms with E-state index in [4.69, 9.17) is 4.74 Å². The van der Waals surface area contributed by atoms with Crippen LogP contribution in [-0.2, 0) is 4.79 Å². The molecule has 0 unspecified atom stereocenters. The highest BCUT2D eigenvalue weighted by Gasteiger charge is 2.22. The minimum absolute atomic E-state index is 0.214. The Bertz CT molecular complexity index is 500. The number of aryl methyl sites for hydroxylation is 2. The molecule has 0 bridgehead atoms. The first-order chi connectivity index (χ1) is 10.6. The van der Waals surface area contributed by atoms with Gasteiger partial charge in [-0.3, -0.25) is 4.79 Å². The highest BCUT2D eigenvalue weighted by atomic mass is 16.5. The molecule has 0 aromatic heterocycles. The van der Waals surface area contributed by atoms with E-state index in [9.17, 15) is 4.79 Å². The molecule has 1 aromatic carbocycles. The summed E-state index contributed by atoms with van der Waals surface area (Å²) in [5, 5.41) is 3.21.